The van der Waals surface area contributed by atoms with Gasteiger partial charge >= 0.3 is 0 Å². The Balaban J connectivity index is 2.40. The topological polar surface area (TPSA) is 64.3 Å². The first-order chi connectivity index (χ1) is 9.97. The molecule has 0 atom stereocenters. The van der Waals surface area contributed by atoms with Crippen LogP contribution in [-0.4, -0.2) is 10.9 Å². The molecule has 0 aliphatic heterocycles. The second-order valence-corrected chi connectivity index (χ2v) is 5.64. The van der Waals surface area contributed by atoms with Crippen LogP contribution in [0.4, 0.5) is 5.69 Å². The molecule has 0 unspecified atom stereocenters. The maximum absolute atomic E-state index is 11.2. The third-order valence-electron chi connectivity index (χ3n) is 2.63. The van der Waals surface area contributed by atoms with Gasteiger partial charge in [0.2, 0.25) is 5.91 Å². The molecule has 0 spiro atoms. The van der Waals surface area contributed by atoms with Crippen LogP contribution in [0.3, 0.4) is 0 Å². The van der Waals surface area contributed by atoms with Crippen LogP contribution in [0.5, 0.6) is 11.5 Å². The van der Waals surface area contributed by atoms with E-state index < -0.39 is 0 Å². The average molecular weight is 365 g/mol. The summed E-state index contributed by atoms with van der Waals surface area (Å²) in [4.78, 5) is 11.5. The molecule has 0 radical (unpaired) electrons. The highest BCUT2D eigenvalue weighted by molar-refractivity contribution is 9.10. The Morgan fingerprint density at radius 1 is 1.24 bits per heavy atom. The van der Waals surface area contributed by atoms with Crippen LogP contribution in [-0.2, 0) is 4.79 Å². The summed E-state index contributed by atoms with van der Waals surface area (Å²) in [5.74, 6) is 0.868. The Bertz CT molecular complexity index is 704. The average Bonchev–Trinajstić information content (AvgIpc) is 2.40. The number of benzene rings is 2. The Labute approximate surface area is 136 Å². The highest BCUT2D eigenvalue weighted by Gasteiger charge is 2.11. The van der Waals surface area contributed by atoms with Crippen LogP contribution < -0.4 is 15.8 Å². The first kappa shape index (κ1) is 15.5. The monoisotopic (exact) mass is 364 g/mol. The quantitative estimate of drug-likeness (QED) is 0.809. The molecule has 2 aromatic rings. The smallest absolute Gasteiger partial charge is 0.221 e. The summed E-state index contributed by atoms with van der Waals surface area (Å²) in [5, 5.41) is 2.72. The van der Waals surface area contributed by atoms with Gasteiger partial charge in [-0.25, -0.2) is 0 Å². The molecular weight excluding hydrogens is 352 g/mol. The zero-order valence-electron chi connectivity index (χ0n) is 11.2. The number of anilines is 1. The van der Waals surface area contributed by atoms with E-state index in [1.165, 1.54) is 6.92 Å². The lowest BCUT2D eigenvalue weighted by molar-refractivity contribution is -0.114. The van der Waals surface area contributed by atoms with Crippen molar-refractivity contribution in [2.75, 3.05) is 5.32 Å². The van der Waals surface area contributed by atoms with E-state index in [0.29, 0.717) is 22.7 Å². The summed E-state index contributed by atoms with van der Waals surface area (Å²) in [7, 11) is 0. The van der Waals surface area contributed by atoms with Crippen molar-refractivity contribution in [1.82, 2.24) is 0 Å². The van der Waals surface area contributed by atoms with Gasteiger partial charge in [-0.3, -0.25) is 4.79 Å². The minimum Gasteiger partial charge on any atom is -0.454 e. The third-order valence-corrected chi connectivity index (χ3v) is 3.34. The van der Waals surface area contributed by atoms with Crippen molar-refractivity contribution in [3.8, 4) is 11.5 Å². The van der Waals surface area contributed by atoms with Crippen molar-refractivity contribution in [2.45, 2.75) is 6.92 Å². The molecule has 0 aliphatic carbocycles. The predicted octanol–water partition coefficient (Wildman–Crippen LogP) is 3.83. The fourth-order valence-corrected chi connectivity index (χ4v) is 2.26. The van der Waals surface area contributed by atoms with Crippen molar-refractivity contribution < 1.29 is 9.53 Å². The lowest BCUT2D eigenvalue weighted by Crippen LogP contribution is -2.11. The van der Waals surface area contributed by atoms with Crippen molar-refractivity contribution in [3.63, 3.8) is 0 Å². The number of nitrogens with one attached hydrogen (secondary N) is 1. The second-order valence-electron chi connectivity index (χ2n) is 4.28. The predicted molar refractivity (Wildman–Crippen MR) is 90.8 cm³/mol. The van der Waals surface area contributed by atoms with E-state index in [1.807, 2.05) is 18.2 Å². The van der Waals surface area contributed by atoms with Crippen LogP contribution in [0.25, 0.3) is 0 Å². The Morgan fingerprint density at radius 3 is 2.62 bits per heavy atom. The number of ether oxygens (including phenoxy) is 1. The molecular formula is C15H13BrN2O2S. The SMILES string of the molecule is CC(=O)Nc1ccccc1Oc1cc(Br)ccc1C(N)=S. The Hall–Kier alpha value is -1.92. The number of thiocarbonyl (C=S) groups is 1. The number of nitrogens with two attached hydrogens (primary N) is 1. The number of halogens is 1. The maximum atomic E-state index is 11.2. The van der Waals surface area contributed by atoms with Crippen molar-refractivity contribution in [3.05, 3.63) is 52.5 Å². The van der Waals surface area contributed by atoms with Crippen LogP contribution in [0.2, 0.25) is 0 Å². The summed E-state index contributed by atoms with van der Waals surface area (Å²) >= 11 is 8.41. The summed E-state index contributed by atoms with van der Waals surface area (Å²) in [6.07, 6.45) is 0. The molecule has 0 bridgehead atoms. The van der Waals surface area contributed by atoms with Crippen LogP contribution in [0.15, 0.2) is 46.9 Å². The first-order valence-electron chi connectivity index (χ1n) is 6.11. The van der Waals surface area contributed by atoms with Crippen molar-refractivity contribution in [2.24, 2.45) is 5.73 Å². The molecule has 6 heteroatoms. The number of para-hydroxylation sites is 2. The minimum atomic E-state index is -0.171. The van der Waals surface area contributed by atoms with E-state index in [2.05, 4.69) is 21.2 Å². The molecule has 0 heterocycles. The van der Waals surface area contributed by atoms with Gasteiger partial charge in [-0.05, 0) is 30.3 Å². The maximum Gasteiger partial charge on any atom is 0.221 e. The van der Waals surface area contributed by atoms with Gasteiger partial charge < -0.3 is 15.8 Å². The van der Waals surface area contributed by atoms with Gasteiger partial charge in [-0.15, -0.1) is 0 Å². The Morgan fingerprint density at radius 2 is 1.95 bits per heavy atom. The molecule has 1 amide bonds. The molecule has 0 aromatic heterocycles. The molecule has 2 aromatic carbocycles. The zero-order chi connectivity index (χ0) is 15.4. The molecule has 4 nitrogen and oxygen atoms in total. The fourth-order valence-electron chi connectivity index (χ4n) is 1.75. The summed E-state index contributed by atoms with van der Waals surface area (Å²) in [6, 6.07) is 12.5. The molecule has 0 saturated heterocycles. The molecule has 21 heavy (non-hydrogen) atoms. The number of hydrogen-bond acceptors (Lipinski definition) is 3. The van der Waals surface area contributed by atoms with Gasteiger partial charge in [0.25, 0.3) is 0 Å². The highest BCUT2D eigenvalue weighted by atomic mass is 79.9. The van der Waals surface area contributed by atoms with Crippen molar-refractivity contribution in [1.29, 1.82) is 0 Å². The summed E-state index contributed by atoms with van der Waals surface area (Å²) in [5.41, 5.74) is 6.92. The van der Waals surface area contributed by atoms with E-state index in [1.54, 1.807) is 24.3 Å². The molecule has 108 valence electrons. The van der Waals surface area contributed by atoms with E-state index in [9.17, 15) is 4.79 Å². The van der Waals surface area contributed by atoms with Gasteiger partial charge in [0, 0.05) is 11.4 Å². The van der Waals surface area contributed by atoms with E-state index in [-0.39, 0.29) is 10.9 Å². The van der Waals surface area contributed by atoms with Gasteiger partial charge in [0.05, 0.1) is 11.3 Å². The number of carbonyl (C=O) groups excluding carboxylic acids is 1. The molecule has 3 N–H and O–H groups in total. The standard InChI is InChI=1S/C15H13BrN2O2S/c1-9(19)18-12-4-2-3-5-13(12)20-14-8-10(16)6-7-11(14)15(17)21/h2-8H,1H3,(H2,17,21)(H,18,19). The second kappa shape index (κ2) is 6.69. The largest absolute Gasteiger partial charge is 0.454 e. The van der Waals surface area contributed by atoms with Crippen LogP contribution in [0, 0.1) is 0 Å². The lowest BCUT2D eigenvalue weighted by atomic mass is 10.2. The third kappa shape index (κ3) is 4.03. The first-order valence-corrected chi connectivity index (χ1v) is 7.31. The number of rotatable bonds is 4. The molecule has 0 saturated carbocycles. The van der Waals surface area contributed by atoms with E-state index in [4.69, 9.17) is 22.7 Å². The van der Waals surface area contributed by atoms with Crippen LogP contribution >= 0.6 is 28.1 Å². The highest BCUT2D eigenvalue weighted by Crippen LogP contribution is 2.33. The van der Waals surface area contributed by atoms with Gasteiger partial charge in [0.1, 0.15) is 10.7 Å². The Kier molecular flexibility index (Phi) is 4.93. The number of amides is 1. The van der Waals surface area contributed by atoms with Gasteiger partial charge in [-0.2, -0.15) is 0 Å². The number of hydrogen-bond donors (Lipinski definition) is 2. The summed E-state index contributed by atoms with van der Waals surface area (Å²) < 4.78 is 6.71. The van der Waals surface area contributed by atoms with Gasteiger partial charge in [0.15, 0.2) is 5.75 Å². The normalized spacial score (nSPS) is 10.0. The molecule has 0 aliphatic rings. The molecule has 0 fully saturated rings. The summed E-state index contributed by atoms with van der Waals surface area (Å²) in [6.45, 7) is 1.44. The van der Waals surface area contributed by atoms with E-state index in [0.717, 1.165) is 4.47 Å². The zero-order valence-corrected chi connectivity index (χ0v) is 13.6. The van der Waals surface area contributed by atoms with E-state index >= 15 is 0 Å². The minimum absolute atomic E-state index is 0.171. The van der Waals surface area contributed by atoms with Crippen molar-refractivity contribution >= 4 is 44.7 Å². The fraction of sp³-hybridized carbons (Fsp3) is 0.0667. The number of carbonyl (C=O) groups is 1. The lowest BCUT2D eigenvalue weighted by Gasteiger charge is -2.14. The van der Waals surface area contributed by atoms with Gasteiger partial charge in [-0.1, -0.05) is 40.3 Å². The molecule has 2 rings (SSSR count). The van der Waals surface area contributed by atoms with Crippen LogP contribution in [0.1, 0.15) is 12.5 Å².